The number of carbonyl (C=O) groups excluding carboxylic acids is 2. The number of piperazine rings is 1. The van der Waals surface area contributed by atoms with Gasteiger partial charge in [0, 0.05) is 37.8 Å². The van der Waals surface area contributed by atoms with E-state index in [1.165, 1.54) is 36.4 Å². The summed E-state index contributed by atoms with van der Waals surface area (Å²) in [6.45, 7) is 3.11. The molecule has 1 aliphatic heterocycles. The molecule has 0 radical (unpaired) electrons. The van der Waals surface area contributed by atoms with Crippen LogP contribution in [0, 0.1) is 11.6 Å². The van der Waals surface area contributed by atoms with E-state index in [0.29, 0.717) is 30.8 Å². The van der Waals surface area contributed by atoms with Crippen LogP contribution in [-0.4, -0.2) is 47.3 Å². The maximum atomic E-state index is 13.2. The van der Waals surface area contributed by atoms with Gasteiger partial charge < -0.3 is 9.80 Å². The van der Waals surface area contributed by atoms with Crippen LogP contribution < -0.4 is 0 Å². The Morgan fingerprint density at radius 2 is 1.45 bits per heavy atom. The standard InChI is InChI=1S/C23H22F2N2O2/c1-17-16-26(22(28)10-8-18-4-2-6-20(24)14-18)12-13-27(17)23(29)11-9-19-5-3-7-21(25)15-19/h2-11,14-15,17H,12-13,16H2,1H3/t17-/m0/s1. The third-order valence-corrected chi connectivity index (χ3v) is 4.76. The highest BCUT2D eigenvalue weighted by molar-refractivity contribution is 5.93. The second-order valence-corrected chi connectivity index (χ2v) is 6.94. The molecular weight excluding hydrogens is 374 g/mol. The molecule has 0 saturated carbocycles. The second-order valence-electron chi connectivity index (χ2n) is 6.94. The Morgan fingerprint density at radius 1 is 0.897 bits per heavy atom. The molecular formula is C23H22F2N2O2. The van der Waals surface area contributed by atoms with Crippen molar-refractivity contribution in [2.75, 3.05) is 19.6 Å². The van der Waals surface area contributed by atoms with E-state index in [-0.39, 0.29) is 29.5 Å². The van der Waals surface area contributed by atoms with Crippen molar-refractivity contribution < 1.29 is 18.4 Å². The molecule has 0 bridgehead atoms. The molecule has 1 fully saturated rings. The molecule has 2 aromatic rings. The minimum absolute atomic E-state index is 0.153. The molecule has 6 heteroatoms. The minimum Gasteiger partial charge on any atom is -0.335 e. The fourth-order valence-electron chi connectivity index (χ4n) is 3.24. The first-order valence-electron chi connectivity index (χ1n) is 9.39. The highest BCUT2D eigenvalue weighted by Crippen LogP contribution is 2.13. The fourth-order valence-corrected chi connectivity index (χ4v) is 3.24. The first kappa shape index (κ1) is 20.5. The zero-order valence-electron chi connectivity index (χ0n) is 16.1. The summed E-state index contributed by atoms with van der Waals surface area (Å²) in [6, 6.07) is 11.9. The van der Waals surface area contributed by atoms with Crippen LogP contribution in [-0.2, 0) is 9.59 Å². The molecule has 0 aliphatic carbocycles. The summed E-state index contributed by atoms with van der Waals surface area (Å²) in [5.74, 6) is -1.06. The molecule has 1 atom stereocenters. The van der Waals surface area contributed by atoms with Crippen molar-refractivity contribution in [1.82, 2.24) is 9.80 Å². The lowest BCUT2D eigenvalue weighted by molar-refractivity contribution is -0.136. The topological polar surface area (TPSA) is 40.6 Å². The number of hydrogen-bond donors (Lipinski definition) is 0. The molecule has 1 saturated heterocycles. The van der Waals surface area contributed by atoms with E-state index < -0.39 is 0 Å². The Kier molecular flexibility index (Phi) is 6.54. The number of amides is 2. The van der Waals surface area contributed by atoms with Crippen molar-refractivity contribution in [2.45, 2.75) is 13.0 Å². The SMILES string of the molecule is C[C@H]1CN(C(=O)C=Cc2cccc(F)c2)CCN1C(=O)C=Cc1cccc(F)c1. The number of benzene rings is 2. The van der Waals surface area contributed by atoms with Gasteiger partial charge in [0.1, 0.15) is 11.6 Å². The molecule has 2 amide bonds. The molecule has 4 nitrogen and oxygen atoms in total. The predicted molar refractivity (Wildman–Crippen MR) is 109 cm³/mol. The van der Waals surface area contributed by atoms with Crippen LogP contribution in [0.4, 0.5) is 8.78 Å². The molecule has 2 aromatic carbocycles. The van der Waals surface area contributed by atoms with E-state index in [1.807, 2.05) is 6.92 Å². The van der Waals surface area contributed by atoms with E-state index in [9.17, 15) is 18.4 Å². The largest absolute Gasteiger partial charge is 0.335 e. The molecule has 150 valence electrons. The van der Waals surface area contributed by atoms with Crippen molar-refractivity contribution >= 4 is 24.0 Å². The first-order valence-corrected chi connectivity index (χ1v) is 9.39. The summed E-state index contributed by atoms with van der Waals surface area (Å²) >= 11 is 0. The zero-order valence-corrected chi connectivity index (χ0v) is 16.1. The van der Waals surface area contributed by atoms with Gasteiger partial charge in [-0.05, 0) is 54.5 Å². The van der Waals surface area contributed by atoms with Gasteiger partial charge in [-0.2, -0.15) is 0 Å². The number of rotatable bonds is 4. The maximum Gasteiger partial charge on any atom is 0.246 e. The Balaban J connectivity index is 1.57. The van der Waals surface area contributed by atoms with Gasteiger partial charge in [-0.1, -0.05) is 24.3 Å². The predicted octanol–water partition coefficient (Wildman–Crippen LogP) is 3.75. The van der Waals surface area contributed by atoms with Crippen molar-refractivity contribution in [1.29, 1.82) is 0 Å². The first-order chi connectivity index (χ1) is 13.9. The van der Waals surface area contributed by atoms with Crippen LogP contribution in [0.15, 0.2) is 60.7 Å². The lowest BCUT2D eigenvalue weighted by atomic mass is 10.1. The highest BCUT2D eigenvalue weighted by atomic mass is 19.1. The minimum atomic E-state index is -0.355. The average molecular weight is 396 g/mol. The molecule has 1 aliphatic rings. The Hall–Kier alpha value is -3.28. The zero-order chi connectivity index (χ0) is 20.8. The van der Waals surface area contributed by atoms with Crippen LogP contribution >= 0.6 is 0 Å². The summed E-state index contributed by atoms with van der Waals surface area (Å²) in [7, 11) is 0. The lowest BCUT2D eigenvalue weighted by Gasteiger charge is -2.39. The van der Waals surface area contributed by atoms with E-state index in [1.54, 1.807) is 46.2 Å². The molecule has 0 unspecified atom stereocenters. The van der Waals surface area contributed by atoms with Gasteiger partial charge in [-0.25, -0.2) is 8.78 Å². The number of carbonyl (C=O) groups is 2. The van der Waals surface area contributed by atoms with Gasteiger partial charge in [0.25, 0.3) is 0 Å². The molecule has 29 heavy (non-hydrogen) atoms. The second kappa shape index (κ2) is 9.28. The van der Waals surface area contributed by atoms with Gasteiger partial charge in [-0.15, -0.1) is 0 Å². The molecule has 0 spiro atoms. The normalized spacial score (nSPS) is 17.3. The number of hydrogen-bond acceptors (Lipinski definition) is 2. The summed E-state index contributed by atoms with van der Waals surface area (Å²) in [4.78, 5) is 28.2. The van der Waals surface area contributed by atoms with Gasteiger partial charge in [-0.3, -0.25) is 9.59 Å². The summed E-state index contributed by atoms with van der Waals surface area (Å²) in [5.41, 5.74) is 1.23. The van der Waals surface area contributed by atoms with Crippen molar-refractivity contribution in [3.05, 3.63) is 83.4 Å². The quantitative estimate of drug-likeness (QED) is 0.739. The van der Waals surface area contributed by atoms with Crippen LogP contribution in [0.25, 0.3) is 12.2 Å². The Labute approximate surface area is 168 Å². The van der Waals surface area contributed by atoms with E-state index >= 15 is 0 Å². The average Bonchev–Trinajstić information content (AvgIpc) is 2.70. The summed E-state index contributed by atoms with van der Waals surface area (Å²) in [5, 5.41) is 0. The molecule has 1 heterocycles. The Morgan fingerprint density at radius 3 is 1.97 bits per heavy atom. The molecule has 3 rings (SSSR count). The molecule has 0 N–H and O–H groups in total. The number of nitrogens with zero attached hydrogens (tertiary/aromatic N) is 2. The monoisotopic (exact) mass is 396 g/mol. The van der Waals surface area contributed by atoms with Gasteiger partial charge in [0.05, 0.1) is 0 Å². The maximum absolute atomic E-state index is 13.2. The van der Waals surface area contributed by atoms with E-state index in [4.69, 9.17) is 0 Å². The van der Waals surface area contributed by atoms with E-state index in [0.717, 1.165) is 0 Å². The van der Waals surface area contributed by atoms with Gasteiger partial charge >= 0.3 is 0 Å². The van der Waals surface area contributed by atoms with Crippen molar-refractivity contribution in [3.8, 4) is 0 Å². The van der Waals surface area contributed by atoms with Crippen molar-refractivity contribution in [2.24, 2.45) is 0 Å². The highest BCUT2D eigenvalue weighted by Gasteiger charge is 2.27. The van der Waals surface area contributed by atoms with Crippen LogP contribution in [0.5, 0.6) is 0 Å². The van der Waals surface area contributed by atoms with Crippen LogP contribution in [0.3, 0.4) is 0 Å². The third-order valence-electron chi connectivity index (χ3n) is 4.76. The third kappa shape index (κ3) is 5.60. The number of halogens is 2. The Bertz CT molecular complexity index is 955. The van der Waals surface area contributed by atoms with Crippen molar-refractivity contribution in [3.63, 3.8) is 0 Å². The van der Waals surface area contributed by atoms with Gasteiger partial charge in [0.15, 0.2) is 0 Å². The smallest absolute Gasteiger partial charge is 0.246 e. The summed E-state index contributed by atoms with van der Waals surface area (Å²) in [6.07, 6.45) is 6.00. The van der Waals surface area contributed by atoms with Gasteiger partial charge in [0.2, 0.25) is 11.8 Å². The fraction of sp³-hybridized carbons (Fsp3) is 0.217. The van der Waals surface area contributed by atoms with Crippen LogP contribution in [0.1, 0.15) is 18.1 Å². The lowest BCUT2D eigenvalue weighted by Crippen LogP contribution is -2.54. The van der Waals surface area contributed by atoms with E-state index in [2.05, 4.69) is 0 Å². The summed E-state index contributed by atoms with van der Waals surface area (Å²) < 4.78 is 26.4. The van der Waals surface area contributed by atoms with Crippen LogP contribution in [0.2, 0.25) is 0 Å². The molecule has 0 aromatic heterocycles.